The zero-order chi connectivity index (χ0) is 16.5. The molecule has 3 N–H and O–H groups in total. The number of para-hydroxylation sites is 1. The highest BCUT2D eigenvalue weighted by Crippen LogP contribution is 2.17. The van der Waals surface area contributed by atoms with Crippen molar-refractivity contribution in [2.75, 3.05) is 32.1 Å². The topological polar surface area (TPSA) is 62.9 Å². The molecular formula is C18H30N4O. The molecule has 128 valence electrons. The molecule has 1 unspecified atom stereocenters. The van der Waals surface area contributed by atoms with Crippen LogP contribution < -0.4 is 11.1 Å². The molecule has 1 fully saturated rings. The second kappa shape index (κ2) is 9.53. The van der Waals surface area contributed by atoms with E-state index in [0.29, 0.717) is 18.6 Å². The summed E-state index contributed by atoms with van der Waals surface area (Å²) in [5, 5.41) is 3.18. The van der Waals surface area contributed by atoms with E-state index in [4.69, 9.17) is 10.5 Å². The first-order valence-electron chi connectivity index (χ1n) is 8.58. The third kappa shape index (κ3) is 5.84. The van der Waals surface area contributed by atoms with Gasteiger partial charge in [0, 0.05) is 37.5 Å². The average Bonchev–Trinajstić information content (AvgIpc) is 2.55. The highest BCUT2D eigenvalue weighted by Gasteiger charge is 2.16. The van der Waals surface area contributed by atoms with Crippen LogP contribution in [0, 0.1) is 0 Å². The molecule has 1 aliphatic heterocycles. The first kappa shape index (κ1) is 17.8. The molecule has 5 nitrogen and oxygen atoms in total. The van der Waals surface area contributed by atoms with Crippen LogP contribution in [0.4, 0.5) is 5.69 Å². The van der Waals surface area contributed by atoms with Crippen molar-refractivity contribution >= 4 is 11.6 Å². The maximum absolute atomic E-state index is 6.00. The van der Waals surface area contributed by atoms with Crippen molar-refractivity contribution in [3.63, 3.8) is 0 Å². The molecule has 23 heavy (non-hydrogen) atoms. The van der Waals surface area contributed by atoms with Gasteiger partial charge in [-0.3, -0.25) is 4.99 Å². The Balaban J connectivity index is 1.77. The largest absolute Gasteiger partial charge is 0.380 e. The maximum Gasteiger partial charge on any atom is 0.193 e. The van der Waals surface area contributed by atoms with Gasteiger partial charge >= 0.3 is 0 Å². The molecule has 0 radical (unpaired) electrons. The minimum Gasteiger partial charge on any atom is -0.380 e. The fraction of sp³-hybridized carbons (Fsp3) is 0.611. The predicted molar refractivity (Wildman–Crippen MR) is 96.8 cm³/mol. The quantitative estimate of drug-likeness (QED) is 0.461. The molecule has 0 spiro atoms. The highest BCUT2D eigenvalue weighted by molar-refractivity contribution is 5.92. The number of hydrogen-bond donors (Lipinski definition) is 2. The molecular weight excluding hydrogens is 288 g/mol. The fourth-order valence-electron chi connectivity index (χ4n) is 3.06. The number of rotatable bonds is 7. The number of methoxy groups -OCH3 is 1. The van der Waals surface area contributed by atoms with E-state index in [9.17, 15) is 0 Å². The first-order valence-corrected chi connectivity index (χ1v) is 8.58. The number of likely N-dealkylation sites (tertiary alicyclic amines) is 1. The Morgan fingerprint density at radius 3 is 3.00 bits per heavy atom. The molecule has 1 atom stereocenters. The zero-order valence-electron chi connectivity index (χ0n) is 14.4. The Morgan fingerprint density at radius 1 is 1.39 bits per heavy atom. The lowest BCUT2D eigenvalue weighted by molar-refractivity contribution is 0.160. The summed E-state index contributed by atoms with van der Waals surface area (Å²) in [4.78, 5) is 7.01. The normalized spacial score (nSPS) is 19.7. The van der Waals surface area contributed by atoms with E-state index < -0.39 is 0 Å². The van der Waals surface area contributed by atoms with Gasteiger partial charge < -0.3 is 20.7 Å². The minimum atomic E-state index is 0.472. The van der Waals surface area contributed by atoms with E-state index >= 15 is 0 Å². The van der Waals surface area contributed by atoms with Crippen LogP contribution in [0.15, 0.2) is 29.3 Å². The van der Waals surface area contributed by atoms with Gasteiger partial charge in [0.1, 0.15) is 0 Å². The zero-order valence-corrected chi connectivity index (χ0v) is 14.4. The van der Waals surface area contributed by atoms with Gasteiger partial charge in [0.15, 0.2) is 5.96 Å². The van der Waals surface area contributed by atoms with Crippen LogP contribution in [0.2, 0.25) is 0 Å². The molecule has 0 saturated carbocycles. The summed E-state index contributed by atoms with van der Waals surface area (Å²) in [6, 6.07) is 8.70. The van der Waals surface area contributed by atoms with Crippen molar-refractivity contribution < 1.29 is 4.74 Å². The predicted octanol–water partition coefficient (Wildman–Crippen LogP) is 2.82. The standard InChI is InChI=1S/C18H30N4O/c1-15-8-5-6-12-22(15)13-7-11-20-18(19)21-17-10-4-3-9-16(17)14-23-2/h3-4,9-10,15H,5-8,11-14H2,1-2H3,(H3,19,20,21). The van der Waals surface area contributed by atoms with Gasteiger partial charge in [-0.1, -0.05) is 24.6 Å². The second-order valence-corrected chi connectivity index (χ2v) is 6.22. The van der Waals surface area contributed by atoms with Crippen LogP contribution in [0.1, 0.15) is 38.2 Å². The number of benzene rings is 1. The Labute approximate surface area is 139 Å². The maximum atomic E-state index is 6.00. The summed E-state index contributed by atoms with van der Waals surface area (Å²) < 4.78 is 5.20. The average molecular weight is 318 g/mol. The molecule has 0 aliphatic carbocycles. The highest BCUT2D eigenvalue weighted by atomic mass is 16.5. The van der Waals surface area contributed by atoms with Crippen molar-refractivity contribution in [2.24, 2.45) is 10.7 Å². The number of nitrogens with two attached hydrogens (primary N) is 1. The summed E-state index contributed by atoms with van der Waals surface area (Å²) in [6.07, 6.45) is 5.07. The number of guanidine groups is 1. The summed E-state index contributed by atoms with van der Waals surface area (Å²) in [6.45, 7) is 5.98. The Kier molecular flexibility index (Phi) is 7.36. The lowest BCUT2D eigenvalue weighted by Gasteiger charge is -2.33. The lowest BCUT2D eigenvalue weighted by Crippen LogP contribution is -2.38. The number of anilines is 1. The summed E-state index contributed by atoms with van der Waals surface area (Å²) in [5.41, 5.74) is 8.04. The van der Waals surface area contributed by atoms with Crippen LogP contribution in [0.5, 0.6) is 0 Å². The number of aliphatic imine (C=N–C) groups is 1. The molecule has 1 aromatic carbocycles. The third-order valence-electron chi connectivity index (χ3n) is 4.41. The summed E-state index contributed by atoms with van der Waals surface area (Å²) in [7, 11) is 1.69. The van der Waals surface area contributed by atoms with Crippen molar-refractivity contribution in [1.82, 2.24) is 4.90 Å². The third-order valence-corrected chi connectivity index (χ3v) is 4.41. The van der Waals surface area contributed by atoms with Crippen LogP contribution in [0.3, 0.4) is 0 Å². The molecule has 0 amide bonds. The van der Waals surface area contributed by atoms with Gasteiger partial charge in [-0.05, 0) is 38.8 Å². The van der Waals surface area contributed by atoms with Crippen molar-refractivity contribution in [1.29, 1.82) is 0 Å². The van der Waals surface area contributed by atoms with Crippen LogP contribution >= 0.6 is 0 Å². The first-order chi connectivity index (χ1) is 11.2. The van der Waals surface area contributed by atoms with Gasteiger partial charge in [-0.2, -0.15) is 0 Å². The number of nitrogens with one attached hydrogen (secondary N) is 1. The monoisotopic (exact) mass is 318 g/mol. The van der Waals surface area contributed by atoms with Crippen LogP contribution in [0.25, 0.3) is 0 Å². The van der Waals surface area contributed by atoms with E-state index in [1.54, 1.807) is 7.11 Å². The number of ether oxygens (including phenoxy) is 1. The van der Waals surface area contributed by atoms with Crippen molar-refractivity contribution in [3.8, 4) is 0 Å². The van der Waals surface area contributed by atoms with Crippen LogP contribution in [-0.2, 0) is 11.3 Å². The van der Waals surface area contributed by atoms with Gasteiger partial charge in [0.05, 0.1) is 6.61 Å². The minimum absolute atomic E-state index is 0.472. The number of piperidine rings is 1. The molecule has 0 aromatic heterocycles. The smallest absolute Gasteiger partial charge is 0.193 e. The fourth-order valence-corrected chi connectivity index (χ4v) is 3.06. The Morgan fingerprint density at radius 2 is 2.22 bits per heavy atom. The molecule has 1 saturated heterocycles. The Bertz CT molecular complexity index is 504. The molecule has 5 heteroatoms. The number of nitrogens with zero attached hydrogens (tertiary/aromatic N) is 2. The van der Waals surface area contributed by atoms with Gasteiger partial charge in [-0.15, -0.1) is 0 Å². The molecule has 1 aromatic rings. The van der Waals surface area contributed by atoms with Gasteiger partial charge in [0.25, 0.3) is 0 Å². The number of hydrogen-bond acceptors (Lipinski definition) is 3. The summed E-state index contributed by atoms with van der Waals surface area (Å²) >= 11 is 0. The summed E-state index contributed by atoms with van der Waals surface area (Å²) in [5.74, 6) is 0.472. The Hall–Kier alpha value is -1.59. The molecule has 1 heterocycles. The van der Waals surface area contributed by atoms with E-state index in [-0.39, 0.29) is 0 Å². The molecule has 1 aliphatic rings. The van der Waals surface area contributed by atoms with Crippen molar-refractivity contribution in [2.45, 2.75) is 45.3 Å². The van der Waals surface area contributed by atoms with E-state index in [1.165, 1.54) is 25.8 Å². The van der Waals surface area contributed by atoms with E-state index in [2.05, 4.69) is 22.1 Å². The SMILES string of the molecule is COCc1ccccc1NC(N)=NCCCN1CCCCC1C. The van der Waals surface area contributed by atoms with E-state index in [1.807, 2.05) is 24.3 Å². The van der Waals surface area contributed by atoms with Gasteiger partial charge in [-0.25, -0.2) is 0 Å². The van der Waals surface area contributed by atoms with Gasteiger partial charge in [0.2, 0.25) is 0 Å². The second-order valence-electron chi connectivity index (χ2n) is 6.22. The lowest BCUT2D eigenvalue weighted by atomic mass is 10.0. The molecule has 2 rings (SSSR count). The van der Waals surface area contributed by atoms with Crippen molar-refractivity contribution in [3.05, 3.63) is 29.8 Å². The molecule has 0 bridgehead atoms. The van der Waals surface area contributed by atoms with E-state index in [0.717, 1.165) is 30.8 Å². The van der Waals surface area contributed by atoms with Crippen LogP contribution in [-0.4, -0.2) is 43.6 Å².